The van der Waals surface area contributed by atoms with Gasteiger partial charge in [-0.15, -0.1) is 10.2 Å². The summed E-state index contributed by atoms with van der Waals surface area (Å²) < 4.78 is 1.09. The number of halogens is 1. The van der Waals surface area contributed by atoms with Crippen LogP contribution in [0.5, 0.6) is 5.88 Å². The van der Waals surface area contributed by atoms with E-state index in [0.29, 0.717) is 5.69 Å². The van der Waals surface area contributed by atoms with Gasteiger partial charge in [0.05, 0.1) is 5.52 Å². The van der Waals surface area contributed by atoms with Gasteiger partial charge >= 0.3 is 0 Å². The number of azo groups is 1. The van der Waals surface area contributed by atoms with E-state index in [1.165, 1.54) is 0 Å². The molecule has 1 heterocycles. The zero-order valence-corrected chi connectivity index (χ0v) is 14.2. The number of fused-ring (bicyclic) bond motifs is 1. The normalized spacial score (nSPS) is 11.1. The van der Waals surface area contributed by atoms with Gasteiger partial charge in [0.15, 0.2) is 5.69 Å². The SMILES string of the molecule is Oc1[nH]c2ccccc2c1N=NC(=S)Nc1cccc(I)c1. The third-order valence-electron chi connectivity index (χ3n) is 2.98. The van der Waals surface area contributed by atoms with Crippen LogP contribution in [0.15, 0.2) is 58.8 Å². The Bertz CT molecular complexity index is 875. The first kappa shape index (κ1) is 14.9. The Labute approximate surface area is 145 Å². The molecule has 2 aromatic carbocycles. The first-order chi connectivity index (χ1) is 10.6. The van der Waals surface area contributed by atoms with Crippen molar-refractivity contribution in [3.8, 4) is 5.88 Å². The van der Waals surface area contributed by atoms with E-state index in [4.69, 9.17) is 12.2 Å². The highest BCUT2D eigenvalue weighted by Gasteiger charge is 2.09. The lowest BCUT2D eigenvalue weighted by Gasteiger charge is -2.02. The van der Waals surface area contributed by atoms with Crippen molar-refractivity contribution in [3.63, 3.8) is 0 Å². The lowest BCUT2D eigenvalue weighted by molar-refractivity contribution is 0.459. The first-order valence-electron chi connectivity index (χ1n) is 6.41. The number of para-hydroxylation sites is 1. The summed E-state index contributed by atoms with van der Waals surface area (Å²) in [6.07, 6.45) is 0. The molecule has 110 valence electrons. The number of thiocarbonyl (C=S) groups is 1. The summed E-state index contributed by atoms with van der Waals surface area (Å²) in [6.45, 7) is 0. The van der Waals surface area contributed by atoms with Crippen LogP contribution in [0.4, 0.5) is 11.4 Å². The maximum atomic E-state index is 9.90. The number of H-pyrrole nitrogens is 1. The molecule has 0 saturated heterocycles. The molecule has 5 nitrogen and oxygen atoms in total. The Morgan fingerprint density at radius 1 is 1.18 bits per heavy atom. The minimum atomic E-state index is -0.0259. The summed E-state index contributed by atoms with van der Waals surface area (Å²) >= 11 is 7.37. The van der Waals surface area contributed by atoms with E-state index in [-0.39, 0.29) is 11.0 Å². The van der Waals surface area contributed by atoms with Crippen LogP contribution in [0.3, 0.4) is 0 Å². The Kier molecular flexibility index (Phi) is 4.34. The molecule has 0 bridgehead atoms. The summed E-state index contributed by atoms with van der Waals surface area (Å²) in [6, 6.07) is 15.2. The Hall–Kier alpha value is -2.00. The lowest BCUT2D eigenvalue weighted by Crippen LogP contribution is -2.04. The molecule has 0 saturated carbocycles. The molecular formula is C15H11IN4OS. The second-order valence-corrected chi connectivity index (χ2v) is 6.14. The highest BCUT2D eigenvalue weighted by molar-refractivity contribution is 14.1. The van der Waals surface area contributed by atoms with Gasteiger partial charge in [0.25, 0.3) is 0 Å². The number of nitrogens with one attached hydrogen (secondary N) is 2. The second-order valence-electron chi connectivity index (χ2n) is 4.51. The van der Waals surface area contributed by atoms with Crippen molar-refractivity contribution in [2.24, 2.45) is 10.2 Å². The number of aromatic hydroxyl groups is 1. The number of nitrogens with zero attached hydrogens (tertiary/aromatic N) is 2. The van der Waals surface area contributed by atoms with Crippen LogP contribution in [0, 0.1) is 3.57 Å². The molecule has 0 aliphatic heterocycles. The number of hydrogen-bond acceptors (Lipinski definition) is 3. The summed E-state index contributed by atoms with van der Waals surface area (Å²) in [4.78, 5) is 2.85. The predicted octanol–water partition coefficient (Wildman–Crippen LogP) is 4.96. The van der Waals surface area contributed by atoms with Crippen LogP contribution in [-0.4, -0.2) is 15.2 Å². The molecule has 3 N–H and O–H groups in total. The van der Waals surface area contributed by atoms with E-state index >= 15 is 0 Å². The molecule has 0 aliphatic carbocycles. The van der Waals surface area contributed by atoms with Crippen LogP contribution in [-0.2, 0) is 0 Å². The van der Waals surface area contributed by atoms with Crippen molar-refractivity contribution >= 4 is 62.2 Å². The zero-order valence-electron chi connectivity index (χ0n) is 11.2. The molecule has 0 spiro atoms. The van der Waals surface area contributed by atoms with Gasteiger partial charge in [-0.1, -0.05) is 24.3 Å². The molecule has 0 radical (unpaired) electrons. The highest BCUT2D eigenvalue weighted by atomic mass is 127. The molecule has 1 aromatic heterocycles. The lowest BCUT2D eigenvalue weighted by atomic mass is 10.2. The predicted molar refractivity (Wildman–Crippen MR) is 99.9 cm³/mol. The summed E-state index contributed by atoms with van der Waals surface area (Å²) in [5, 5.41) is 21.9. The number of rotatable bonds is 2. The van der Waals surface area contributed by atoms with Crippen molar-refractivity contribution in [2.75, 3.05) is 5.32 Å². The summed E-state index contributed by atoms with van der Waals surface area (Å²) in [5.41, 5.74) is 2.02. The molecule has 22 heavy (non-hydrogen) atoms. The van der Waals surface area contributed by atoms with Crippen LogP contribution in [0.2, 0.25) is 0 Å². The molecule has 0 amide bonds. The minimum absolute atomic E-state index is 0.0259. The smallest absolute Gasteiger partial charge is 0.218 e. The Morgan fingerprint density at radius 2 is 2.00 bits per heavy atom. The van der Waals surface area contributed by atoms with Gasteiger partial charge in [-0.05, 0) is 59.1 Å². The van der Waals surface area contributed by atoms with Gasteiger partial charge in [0.2, 0.25) is 11.0 Å². The largest absolute Gasteiger partial charge is 0.493 e. The summed E-state index contributed by atoms with van der Waals surface area (Å²) in [7, 11) is 0. The molecular weight excluding hydrogens is 411 g/mol. The molecule has 0 unspecified atom stereocenters. The molecule has 0 aliphatic rings. The van der Waals surface area contributed by atoms with Gasteiger partial charge in [0.1, 0.15) is 0 Å². The van der Waals surface area contributed by atoms with Gasteiger partial charge in [-0.2, -0.15) is 0 Å². The van der Waals surface area contributed by atoms with Crippen molar-refractivity contribution in [1.82, 2.24) is 4.98 Å². The molecule has 0 atom stereocenters. The number of benzene rings is 2. The Morgan fingerprint density at radius 3 is 2.82 bits per heavy atom. The van der Waals surface area contributed by atoms with E-state index in [1.807, 2.05) is 48.5 Å². The Balaban J connectivity index is 1.81. The third kappa shape index (κ3) is 3.25. The fourth-order valence-corrected chi connectivity index (χ4v) is 2.73. The molecule has 3 rings (SSSR count). The van der Waals surface area contributed by atoms with Crippen molar-refractivity contribution in [1.29, 1.82) is 0 Å². The monoisotopic (exact) mass is 422 g/mol. The van der Waals surface area contributed by atoms with Crippen LogP contribution < -0.4 is 5.32 Å². The van der Waals surface area contributed by atoms with Crippen LogP contribution >= 0.6 is 34.8 Å². The van der Waals surface area contributed by atoms with Crippen molar-refractivity contribution in [3.05, 3.63) is 52.1 Å². The van der Waals surface area contributed by atoms with Gasteiger partial charge < -0.3 is 15.4 Å². The van der Waals surface area contributed by atoms with E-state index in [9.17, 15) is 5.11 Å². The standard InChI is InChI=1S/C15H11IN4OS/c16-9-4-3-5-10(8-9)17-15(22)20-19-13-11-6-1-2-7-12(11)18-14(13)21/h1-8,18,21H,(H,17,22). The van der Waals surface area contributed by atoms with Gasteiger partial charge in [0, 0.05) is 14.6 Å². The number of anilines is 1. The highest BCUT2D eigenvalue weighted by Crippen LogP contribution is 2.35. The maximum Gasteiger partial charge on any atom is 0.218 e. The van der Waals surface area contributed by atoms with E-state index in [0.717, 1.165) is 20.2 Å². The second kappa shape index (κ2) is 6.41. The van der Waals surface area contributed by atoms with E-state index < -0.39 is 0 Å². The van der Waals surface area contributed by atoms with Gasteiger partial charge in [-0.3, -0.25) is 0 Å². The number of hydrogen-bond donors (Lipinski definition) is 3. The van der Waals surface area contributed by atoms with E-state index in [1.54, 1.807) is 0 Å². The maximum absolute atomic E-state index is 9.90. The molecule has 0 fully saturated rings. The number of aromatic nitrogens is 1. The van der Waals surface area contributed by atoms with Crippen molar-refractivity contribution < 1.29 is 5.11 Å². The van der Waals surface area contributed by atoms with Crippen LogP contribution in [0.25, 0.3) is 10.9 Å². The fourth-order valence-electron chi connectivity index (χ4n) is 2.02. The van der Waals surface area contributed by atoms with Gasteiger partial charge in [-0.25, -0.2) is 0 Å². The zero-order chi connectivity index (χ0) is 15.5. The molecule has 7 heteroatoms. The average molecular weight is 422 g/mol. The molecule has 3 aromatic rings. The minimum Gasteiger partial charge on any atom is -0.493 e. The quantitative estimate of drug-likeness (QED) is 0.311. The van der Waals surface area contributed by atoms with Crippen LogP contribution in [0.1, 0.15) is 0 Å². The van der Waals surface area contributed by atoms with Crippen molar-refractivity contribution in [2.45, 2.75) is 0 Å². The summed E-state index contributed by atoms with van der Waals surface area (Å²) in [5.74, 6) is -0.0259. The fraction of sp³-hybridized carbons (Fsp3) is 0. The third-order valence-corrected chi connectivity index (χ3v) is 3.83. The number of aromatic amines is 1. The first-order valence-corrected chi connectivity index (χ1v) is 7.90. The topological polar surface area (TPSA) is 72.8 Å². The average Bonchev–Trinajstić information content (AvgIpc) is 2.80. The van der Waals surface area contributed by atoms with E-state index in [2.05, 4.69) is 43.1 Å².